The smallest absolute Gasteiger partial charge is 0.0593 e. The molecule has 3 nitrogen and oxygen atoms in total. The van der Waals surface area contributed by atoms with Gasteiger partial charge in [-0.3, -0.25) is 4.90 Å². The summed E-state index contributed by atoms with van der Waals surface area (Å²) in [5.41, 5.74) is 5.73. The Hall–Kier alpha value is -0.120. The quantitative estimate of drug-likeness (QED) is 0.608. The van der Waals surface area contributed by atoms with E-state index in [1.165, 1.54) is 0 Å². The molecule has 0 bridgehead atoms. The van der Waals surface area contributed by atoms with Crippen molar-refractivity contribution in [1.82, 2.24) is 4.90 Å². The molecule has 0 spiro atoms. The lowest BCUT2D eigenvalue weighted by Crippen LogP contribution is -2.48. The highest BCUT2D eigenvalue weighted by molar-refractivity contribution is 4.79. The highest BCUT2D eigenvalue weighted by Crippen LogP contribution is 2.08. The van der Waals surface area contributed by atoms with E-state index in [0.717, 1.165) is 26.2 Å². The van der Waals surface area contributed by atoms with Crippen molar-refractivity contribution in [3.63, 3.8) is 0 Å². The third-order valence-corrected chi connectivity index (χ3v) is 2.45. The van der Waals surface area contributed by atoms with Gasteiger partial charge in [0.05, 0.1) is 6.61 Å². The fraction of sp³-hybridized carbons (Fsp3) is 1.00. The van der Waals surface area contributed by atoms with Crippen LogP contribution in [0.4, 0.5) is 0 Å². The van der Waals surface area contributed by atoms with Gasteiger partial charge >= 0.3 is 0 Å². The molecule has 0 heterocycles. The number of ether oxygens (including phenoxy) is 1. The van der Waals surface area contributed by atoms with E-state index in [1.54, 1.807) is 0 Å². The number of hydrogen-bond acceptors (Lipinski definition) is 3. The predicted octanol–water partition coefficient (Wildman–Crippen LogP) is 1.08. The van der Waals surface area contributed by atoms with Crippen LogP contribution in [0.15, 0.2) is 0 Å². The minimum absolute atomic E-state index is 0.0789. The van der Waals surface area contributed by atoms with Crippen LogP contribution >= 0.6 is 0 Å². The van der Waals surface area contributed by atoms with Crippen molar-refractivity contribution in [3.05, 3.63) is 0 Å². The van der Waals surface area contributed by atoms with Crippen molar-refractivity contribution in [1.29, 1.82) is 0 Å². The Morgan fingerprint density at radius 2 is 1.92 bits per heavy atom. The molecule has 0 saturated heterocycles. The molecular formula is C10H24N2O. The number of hydrogen-bond donors (Lipinski definition) is 1. The van der Waals surface area contributed by atoms with Crippen molar-refractivity contribution in [2.45, 2.75) is 32.7 Å². The van der Waals surface area contributed by atoms with Crippen LogP contribution in [0, 0.1) is 0 Å². The maximum atomic E-state index is 5.66. The lowest BCUT2D eigenvalue weighted by molar-refractivity contribution is 0.0778. The molecule has 80 valence electrons. The van der Waals surface area contributed by atoms with Crippen LogP contribution in [-0.2, 0) is 4.74 Å². The molecule has 0 atom stereocenters. The Morgan fingerprint density at radius 1 is 1.31 bits per heavy atom. The zero-order valence-corrected chi connectivity index (χ0v) is 9.47. The largest absolute Gasteiger partial charge is 0.380 e. The highest BCUT2D eigenvalue weighted by Gasteiger charge is 2.20. The second kappa shape index (κ2) is 6.35. The summed E-state index contributed by atoms with van der Waals surface area (Å²) in [5.74, 6) is 0. The molecule has 0 saturated carbocycles. The molecule has 0 aromatic rings. The maximum absolute atomic E-state index is 5.66. The van der Waals surface area contributed by atoms with Gasteiger partial charge in [-0.1, -0.05) is 6.92 Å². The van der Waals surface area contributed by atoms with E-state index in [1.807, 2.05) is 0 Å². The number of likely N-dealkylation sites (N-methyl/N-ethyl adjacent to an activating group) is 1. The predicted molar refractivity (Wildman–Crippen MR) is 56.9 cm³/mol. The topological polar surface area (TPSA) is 38.5 Å². The zero-order valence-electron chi connectivity index (χ0n) is 9.47. The second-order valence-corrected chi connectivity index (χ2v) is 4.05. The minimum atomic E-state index is 0.0789. The molecule has 0 radical (unpaired) electrons. The molecule has 0 amide bonds. The summed E-state index contributed by atoms with van der Waals surface area (Å²) in [4.78, 5) is 2.24. The van der Waals surface area contributed by atoms with Crippen LogP contribution in [0.5, 0.6) is 0 Å². The first-order valence-corrected chi connectivity index (χ1v) is 5.03. The van der Waals surface area contributed by atoms with E-state index < -0.39 is 0 Å². The molecule has 0 aliphatic rings. The zero-order chi connectivity index (χ0) is 10.3. The Labute approximate surface area is 82.2 Å². The monoisotopic (exact) mass is 188 g/mol. The summed E-state index contributed by atoms with van der Waals surface area (Å²) in [6.45, 7) is 9.69. The van der Waals surface area contributed by atoms with Crippen molar-refractivity contribution < 1.29 is 4.74 Å². The average Bonchev–Trinajstić information content (AvgIpc) is 2.12. The van der Waals surface area contributed by atoms with E-state index in [0.29, 0.717) is 6.54 Å². The summed E-state index contributed by atoms with van der Waals surface area (Å²) in [7, 11) is 2.09. The van der Waals surface area contributed by atoms with E-state index in [2.05, 4.69) is 32.7 Å². The van der Waals surface area contributed by atoms with Gasteiger partial charge in [0, 0.05) is 25.2 Å². The molecule has 3 heteroatoms. The van der Waals surface area contributed by atoms with E-state index in [-0.39, 0.29) is 5.54 Å². The van der Waals surface area contributed by atoms with Gasteiger partial charge in [-0.25, -0.2) is 0 Å². The fourth-order valence-electron chi connectivity index (χ4n) is 0.906. The first-order valence-electron chi connectivity index (χ1n) is 5.03. The Morgan fingerprint density at radius 3 is 2.38 bits per heavy atom. The summed E-state index contributed by atoms with van der Waals surface area (Å²) >= 11 is 0. The normalized spacial score (nSPS) is 12.5. The Bertz CT molecular complexity index is 126. The van der Waals surface area contributed by atoms with Crippen molar-refractivity contribution in [2.24, 2.45) is 5.73 Å². The van der Waals surface area contributed by atoms with Gasteiger partial charge in [0.25, 0.3) is 0 Å². The molecule has 0 aromatic carbocycles. The highest BCUT2D eigenvalue weighted by atomic mass is 16.5. The third kappa shape index (κ3) is 5.24. The summed E-state index contributed by atoms with van der Waals surface area (Å²) in [6.07, 6.45) is 1.09. The Kier molecular flexibility index (Phi) is 6.29. The maximum Gasteiger partial charge on any atom is 0.0593 e. The van der Waals surface area contributed by atoms with Gasteiger partial charge in [0.15, 0.2) is 0 Å². The summed E-state index contributed by atoms with van der Waals surface area (Å²) < 4.78 is 5.41. The van der Waals surface area contributed by atoms with Crippen LogP contribution < -0.4 is 5.73 Å². The number of nitrogens with zero attached hydrogens (tertiary/aromatic N) is 1. The standard InChI is InChI=1S/C10H24N2O/c1-5-7-13-8-6-12(4)10(2,3)9-11/h5-9,11H2,1-4H3. The molecule has 0 rings (SSSR count). The molecule has 0 aliphatic heterocycles. The van der Waals surface area contributed by atoms with Crippen LogP contribution in [0.1, 0.15) is 27.2 Å². The molecular weight excluding hydrogens is 164 g/mol. The number of nitrogens with two attached hydrogens (primary N) is 1. The van der Waals surface area contributed by atoms with Crippen molar-refractivity contribution in [3.8, 4) is 0 Å². The summed E-state index contributed by atoms with van der Waals surface area (Å²) in [6, 6.07) is 0. The SMILES string of the molecule is CCCOCCN(C)C(C)(C)CN. The Balaban J connectivity index is 3.55. The van der Waals surface area contributed by atoms with Crippen LogP contribution in [0.3, 0.4) is 0 Å². The van der Waals surface area contributed by atoms with Crippen LogP contribution in [-0.4, -0.2) is 43.8 Å². The molecule has 2 N–H and O–H groups in total. The van der Waals surface area contributed by atoms with E-state index >= 15 is 0 Å². The molecule has 0 fully saturated rings. The lowest BCUT2D eigenvalue weighted by atomic mass is 10.0. The van der Waals surface area contributed by atoms with E-state index in [9.17, 15) is 0 Å². The van der Waals surface area contributed by atoms with Crippen LogP contribution in [0.25, 0.3) is 0 Å². The first-order chi connectivity index (χ1) is 6.04. The lowest BCUT2D eigenvalue weighted by Gasteiger charge is -2.34. The second-order valence-electron chi connectivity index (χ2n) is 4.05. The molecule has 0 unspecified atom stereocenters. The van der Waals surface area contributed by atoms with E-state index in [4.69, 9.17) is 10.5 Å². The fourth-order valence-corrected chi connectivity index (χ4v) is 0.906. The van der Waals surface area contributed by atoms with Crippen molar-refractivity contribution in [2.75, 3.05) is 33.4 Å². The van der Waals surface area contributed by atoms with Gasteiger partial charge < -0.3 is 10.5 Å². The van der Waals surface area contributed by atoms with Gasteiger partial charge in [-0.05, 0) is 27.3 Å². The van der Waals surface area contributed by atoms with Gasteiger partial charge in [-0.2, -0.15) is 0 Å². The van der Waals surface area contributed by atoms with Gasteiger partial charge in [0.1, 0.15) is 0 Å². The minimum Gasteiger partial charge on any atom is -0.380 e. The third-order valence-electron chi connectivity index (χ3n) is 2.45. The molecule has 0 aromatic heterocycles. The molecule has 0 aliphatic carbocycles. The van der Waals surface area contributed by atoms with Crippen molar-refractivity contribution >= 4 is 0 Å². The first kappa shape index (κ1) is 12.9. The molecule has 13 heavy (non-hydrogen) atoms. The van der Waals surface area contributed by atoms with Gasteiger partial charge in [0.2, 0.25) is 0 Å². The number of rotatable bonds is 7. The summed E-state index contributed by atoms with van der Waals surface area (Å²) in [5, 5.41) is 0. The average molecular weight is 188 g/mol. The van der Waals surface area contributed by atoms with Gasteiger partial charge in [-0.15, -0.1) is 0 Å². The van der Waals surface area contributed by atoms with Crippen LogP contribution in [0.2, 0.25) is 0 Å².